The molecular formula is C14H19N3. The standard InChI is InChI=1S/C14H19N3/c1-9-12(15)13(17-16-9)10-5-7-11(8-6-10)14(2,3)4/h5-8H,15H2,1-4H3,(H,16,17). The predicted octanol–water partition coefficient (Wildman–Crippen LogP) is 3.26. The monoisotopic (exact) mass is 229 g/mol. The summed E-state index contributed by atoms with van der Waals surface area (Å²) in [5, 5.41) is 7.13. The number of rotatable bonds is 1. The second-order valence-electron chi connectivity index (χ2n) is 5.44. The van der Waals surface area contributed by atoms with Gasteiger partial charge < -0.3 is 5.73 Å². The van der Waals surface area contributed by atoms with E-state index in [0.29, 0.717) is 0 Å². The largest absolute Gasteiger partial charge is 0.395 e. The molecule has 0 saturated carbocycles. The molecule has 17 heavy (non-hydrogen) atoms. The number of aromatic nitrogens is 2. The lowest BCUT2D eigenvalue weighted by atomic mass is 9.86. The third-order valence-electron chi connectivity index (χ3n) is 3.02. The first-order valence-electron chi connectivity index (χ1n) is 5.81. The quantitative estimate of drug-likeness (QED) is 0.788. The molecule has 0 unspecified atom stereocenters. The van der Waals surface area contributed by atoms with E-state index in [1.165, 1.54) is 5.56 Å². The van der Waals surface area contributed by atoms with Gasteiger partial charge in [-0.2, -0.15) is 5.10 Å². The van der Waals surface area contributed by atoms with Crippen molar-refractivity contribution in [2.45, 2.75) is 33.1 Å². The Hall–Kier alpha value is -1.77. The number of benzene rings is 1. The van der Waals surface area contributed by atoms with Crippen LogP contribution in [0.15, 0.2) is 24.3 Å². The van der Waals surface area contributed by atoms with E-state index >= 15 is 0 Å². The average Bonchev–Trinajstić information content (AvgIpc) is 2.59. The number of aromatic amines is 1. The van der Waals surface area contributed by atoms with Gasteiger partial charge in [-0.05, 0) is 17.9 Å². The Morgan fingerprint density at radius 3 is 2.12 bits per heavy atom. The molecular weight excluding hydrogens is 210 g/mol. The second kappa shape index (κ2) is 3.91. The van der Waals surface area contributed by atoms with E-state index in [2.05, 4.69) is 55.2 Å². The van der Waals surface area contributed by atoms with Crippen molar-refractivity contribution >= 4 is 5.69 Å². The van der Waals surface area contributed by atoms with Gasteiger partial charge in [-0.3, -0.25) is 5.10 Å². The van der Waals surface area contributed by atoms with Crippen molar-refractivity contribution in [2.75, 3.05) is 5.73 Å². The minimum atomic E-state index is 0.172. The van der Waals surface area contributed by atoms with E-state index in [4.69, 9.17) is 5.73 Å². The van der Waals surface area contributed by atoms with Crippen molar-refractivity contribution in [1.29, 1.82) is 0 Å². The van der Waals surface area contributed by atoms with Gasteiger partial charge in [0.15, 0.2) is 0 Å². The molecule has 3 N–H and O–H groups in total. The zero-order valence-electron chi connectivity index (χ0n) is 10.8. The zero-order chi connectivity index (χ0) is 12.6. The predicted molar refractivity (Wildman–Crippen MR) is 71.9 cm³/mol. The summed E-state index contributed by atoms with van der Waals surface area (Å²) in [4.78, 5) is 0. The van der Waals surface area contributed by atoms with Gasteiger partial charge in [0.1, 0.15) is 5.69 Å². The fraction of sp³-hybridized carbons (Fsp3) is 0.357. The Morgan fingerprint density at radius 2 is 1.71 bits per heavy atom. The van der Waals surface area contributed by atoms with E-state index in [1.807, 2.05) is 6.92 Å². The highest BCUT2D eigenvalue weighted by atomic mass is 15.1. The van der Waals surface area contributed by atoms with Crippen LogP contribution in [0.25, 0.3) is 11.3 Å². The van der Waals surface area contributed by atoms with Crippen molar-refractivity contribution in [1.82, 2.24) is 10.2 Å². The van der Waals surface area contributed by atoms with Gasteiger partial charge in [0.05, 0.1) is 11.4 Å². The first-order valence-corrected chi connectivity index (χ1v) is 5.81. The number of H-pyrrole nitrogens is 1. The molecule has 3 nitrogen and oxygen atoms in total. The summed E-state index contributed by atoms with van der Waals surface area (Å²) in [6.45, 7) is 8.54. The summed E-state index contributed by atoms with van der Waals surface area (Å²) in [7, 11) is 0. The maximum atomic E-state index is 5.96. The Bertz CT molecular complexity index is 515. The van der Waals surface area contributed by atoms with Gasteiger partial charge in [-0.1, -0.05) is 45.0 Å². The maximum Gasteiger partial charge on any atom is 0.115 e. The van der Waals surface area contributed by atoms with Crippen molar-refractivity contribution in [3.63, 3.8) is 0 Å². The highest BCUT2D eigenvalue weighted by molar-refractivity contribution is 5.74. The van der Waals surface area contributed by atoms with E-state index in [-0.39, 0.29) is 5.41 Å². The first kappa shape index (κ1) is 11.7. The van der Waals surface area contributed by atoms with Crippen molar-refractivity contribution < 1.29 is 0 Å². The normalized spacial score (nSPS) is 11.8. The lowest BCUT2D eigenvalue weighted by Gasteiger charge is -2.18. The summed E-state index contributed by atoms with van der Waals surface area (Å²) < 4.78 is 0. The molecule has 0 amide bonds. The Labute approximate surface area is 102 Å². The number of hydrogen-bond donors (Lipinski definition) is 2. The molecule has 0 spiro atoms. The molecule has 0 aliphatic carbocycles. The van der Waals surface area contributed by atoms with Crippen molar-refractivity contribution in [3.8, 4) is 11.3 Å². The van der Waals surface area contributed by atoms with Crippen LogP contribution >= 0.6 is 0 Å². The van der Waals surface area contributed by atoms with Crippen LogP contribution in [-0.4, -0.2) is 10.2 Å². The van der Waals surface area contributed by atoms with Gasteiger partial charge in [0, 0.05) is 5.56 Å². The summed E-state index contributed by atoms with van der Waals surface area (Å²) in [5.74, 6) is 0. The zero-order valence-corrected chi connectivity index (χ0v) is 10.8. The number of nitrogens with two attached hydrogens (primary N) is 1. The third-order valence-corrected chi connectivity index (χ3v) is 3.02. The second-order valence-corrected chi connectivity index (χ2v) is 5.44. The fourth-order valence-corrected chi connectivity index (χ4v) is 1.79. The van der Waals surface area contributed by atoms with Crippen LogP contribution in [0.5, 0.6) is 0 Å². The number of nitrogens with one attached hydrogen (secondary N) is 1. The number of aryl methyl sites for hydroxylation is 1. The van der Waals surface area contributed by atoms with E-state index in [1.54, 1.807) is 0 Å². The molecule has 3 heteroatoms. The molecule has 90 valence electrons. The summed E-state index contributed by atoms with van der Waals surface area (Å²) >= 11 is 0. The topological polar surface area (TPSA) is 54.7 Å². The smallest absolute Gasteiger partial charge is 0.115 e. The summed E-state index contributed by atoms with van der Waals surface area (Å²) in [5.41, 5.74) is 11.0. The molecule has 2 aromatic rings. The van der Waals surface area contributed by atoms with Crippen molar-refractivity contribution in [3.05, 3.63) is 35.5 Å². The van der Waals surface area contributed by atoms with Gasteiger partial charge >= 0.3 is 0 Å². The minimum Gasteiger partial charge on any atom is -0.395 e. The Kier molecular flexibility index (Phi) is 2.69. The number of nitrogens with zero attached hydrogens (tertiary/aromatic N) is 1. The molecule has 1 heterocycles. The molecule has 2 rings (SSSR count). The highest BCUT2D eigenvalue weighted by Gasteiger charge is 2.14. The van der Waals surface area contributed by atoms with Gasteiger partial charge in [0.2, 0.25) is 0 Å². The van der Waals surface area contributed by atoms with E-state index < -0.39 is 0 Å². The number of anilines is 1. The molecule has 1 aromatic heterocycles. The molecule has 0 aliphatic rings. The molecule has 0 fully saturated rings. The van der Waals surface area contributed by atoms with Crippen LogP contribution in [0.1, 0.15) is 32.0 Å². The molecule has 0 saturated heterocycles. The van der Waals surface area contributed by atoms with Crippen LogP contribution in [-0.2, 0) is 5.41 Å². The van der Waals surface area contributed by atoms with Crippen LogP contribution < -0.4 is 5.73 Å². The number of nitrogen functional groups attached to an aromatic ring is 1. The van der Waals surface area contributed by atoms with E-state index in [9.17, 15) is 0 Å². The maximum absolute atomic E-state index is 5.96. The molecule has 0 bridgehead atoms. The van der Waals surface area contributed by atoms with Crippen LogP contribution in [0.3, 0.4) is 0 Å². The summed E-state index contributed by atoms with van der Waals surface area (Å²) in [6, 6.07) is 8.43. The average molecular weight is 229 g/mol. The lowest BCUT2D eigenvalue weighted by molar-refractivity contribution is 0.590. The van der Waals surface area contributed by atoms with E-state index in [0.717, 1.165) is 22.6 Å². The third kappa shape index (κ3) is 2.18. The van der Waals surface area contributed by atoms with Gasteiger partial charge in [0.25, 0.3) is 0 Å². The molecule has 0 radical (unpaired) electrons. The SMILES string of the molecule is Cc1[nH]nc(-c2ccc(C(C)(C)C)cc2)c1N. The van der Waals surface area contributed by atoms with Crippen LogP contribution in [0, 0.1) is 6.92 Å². The minimum absolute atomic E-state index is 0.172. The van der Waals surface area contributed by atoms with Crippen molar-refractivity contribution in [2.24, 2.45) is 0 Å². The number of hydrogen-bond acceptors (Lipinski definition) is 2. The molecule has 1 aromatic carbocycles. The van der Waals surface area contributed by atoms with Gasteiger partial charge in [-0.15, -0.1) is 0 Å². The van der Waals surface area contributed by atoms with Crippen LogP contribution in [0.4, 0.5) is 5.69 Å². The van der Waals surface area contributed by atoms with Crippen LogP contribution in [0.2, 0.25) is 0 Å². The highest BCUT2D eigenvalue weighted by Crippen LogP contribution is 2.28. The van der Waals surface area contributed by atoms with Gasteiger partial charge in [-0.25, -0.2) is 0 Å². The Balaban J connectivity index is 2.40. The first-order chi connectivity index (χ1) is 7.89. The molecule has 0 aliphatic heterocycles. The fourth-order valence-electron chi connectivity index (χ4n) is 1.79. The Morgan fingerprint density at radius 1 is 1.12 bits per heavy atom. The molecule has 0 atom stereocenters. The lowest BCUT2D eigenvalue weighted by Crippen LogP contribution is -2.10. The summed E-state index contributed by atoms with van der Waals surface area (Å²) in [6.07, 6.45) is 0.